The van der Waals surface area contributed by atoms with E-state index in [0.717, 1.165) is 12.1 Å². The summed E-state index contributed by atoms with van der Waals surface area (Å²) in [7, 11) is -3.22. The number of benzene rings is 2. The summed E-state index contributed by atoms with van der Waals surface area (Å²) in [5.74, 6) is -1.94. The Bertz CT molecular complexity index is 1070. The van der Waals surface area contributed by atoms with Crippen LogP contribution in [-0.2, 0) is 16.2 Å². The number of ether oxygens (including phenoxy) is 2. The van der Waals surface area contributed by atoms with E-state index >= 15 is 0 Å². The quantitative estimate of drug-likeness (QED) is 0.794. The lowest BCUT2D eigenvalue weighted by molar-refractivity contribution is -0.138. The fourth-order valence-electron chi connectivity index (χ4n) is 2.67. The summed E-state index contributed by atoms with van der Waals surface area (Å²) >= 11 is 5.86. The lowest BCUT2D eigenvalue weighted by Crippen LogP contribution is -2.30. The molecule has 0 atom stereocenters. The second-order valence-electron chi connectivity index (χ2n) is 5.66. The number of amides is 1. The second-order valence-corrected chi connectivity index (χ2v) is 7.92. The minimum absolute atomic E-state index is 0.0695. The summed E-state index contributed by atoms with van der Waals surface area (Å²) in [6.45, 7) is -0.737. The molecule has 2 aromatic rings. The van der Waals surface area contributed by atoms with Crippen molar-refractivity contribution in [3.8, 4) is 11.5 Å². The number of methoxy groups -OCH3 is 1. The zero-order valence-electron chi connectivity index (χ0n) is 14.1. The number of nitrogens with zero attached hydrogens (tertiary/aromatic N) is 1. The molecule has 0 aliphatic carbocycles. The number of sulfonamides is 1. The van der Waals surface area contributed by atoms with E-state index in [-0.39, 0.29) is 15.7 Å². The molecule has 1 heterocycles. The van der Waals surface area contributed by atoms with Crippen molar-refractivity contribution in [3.05, 3.63) is 46.5 Å². The maximum absolute atomic E-state index is 13.4. The number of hydrogen-bond acceptors (Lipinski definition) is 5. The summed E-state index contributed by atoms with van der Waals surface area (Å²) < 4.78 is 76.9. The molecule has 2 N–H and O–H groups in total. The van der Waals surface area contributed by atoms with Gasteiger partial charge >= 0.3 is 6.18 Å². The Labute approximate surface area is 162 Å². The highest BCUT2D eigenvalue weighted by molar-refractivity contribution is 7.93. The van der Waals surface area contributed by atoms with Crippen LogP contribution in [0.5, 0.6) is 11.5 Å². The van der Waals surface area contributed by atoms with Crippen LogP contribution in [0.3, 0.4) is 0 Å². The second kappa shape index (κ2) is 6.74. The summed E-state index contributed by atoms with van der Waals surface area (Å²) in [4.78, 5) is 11.1. The molecule has 7 nitrogen and oxygen atoms in total. The Kier molecular flexibility index (Phi) is 4.84. The number of halogens is 4. The first-order valence-electron chi connectivity index (χ1n) is 7.51. The summed E-state index contributed by atoms with van der Waals surface area (Å²) in [6, 6.07) is 5.22. The van der Waals surface area contributed by atoms with Gasteiger partial charge in [0, 0.05) is 10.6 Å². The normalized spacial score (nSPS) is 13.8. The molecule has 0 unspecified atom stereocenters. The van der Waals surface area contributed by atoms with E-state index < -0.39 is 51.4 Å². The molecule has 3 rings (SSSR count). The number of fused-ring (bicyclic) bond motifs is 1. The molecular weight excluding hydrogens is 425 g/mol. The number of carbonyl (C=O) groups is 1. The summed E-state index contributed by atoms with van der Waals surface area (Å²) in [6.07, 6.45) is -4.90. The molecule has 0 aromatic heterocycles. The zero-order chi connectivity index (χ0) is 20.9. The Balaban J connectivity index is 2.23. The number of hydrogen-bond donors (Lipinski definition) is 1. The van der Waals surface area contributed by atoms with Gasteiger partial charge in [-0.3, -0.25) is 4.79 Å². The van der Waals surface area contributed by atoms with Crippen LogP contribution in [0.2, 0.25) is 5.02 Å². The zero-order valence-corrected chi connectivity index (χ0v) is 15.7. The number of nitrogens with two attached hydrogens (primary N) is 1. The van der Waals surface area contributed by atoms with E-state index in [1.807, 2.05) is 0 Å². The average molecular weight is 437 g/mol. The monoisotopic (exact) mass is 436 g/mol. The summed E-state index contributed by atoms with van der Waals surface area (Å²) in [5, 5.41) is 0.0709. The molecule has 150 valence electrons. The SMILES string of the molecule is COc1ccc(Cl)cc1S(=O)(=O)N1COc2c1cc(C(N)=O)cc2C(F)(F)F. The van der Waals surface area contributed by atoms with Crippen molar-refractivity contribution in [2.24, 2.45) is 5.73 Å². The summed E-state index contributed by atoms with van der Waals surface area (Å²) in [5.41, 5.74) is 2.80. The van der Waals surface area contributed by atoms with Gasteiger partial charge < -0.3 is 15.2 Å². The lowest BCUT2D eigenvalue weighted by atomic mass is 10.1. The molecular formula is C16H12ClF3N2O5S. The maximum Gasteiger partial charge on any atom is 0.420 e. The number of rotatable bonds is 4. The molecule has 0 spiro atoms. The van der Waals surface area contributed by atoms with Gasteiger partial charge in [-0.15, -0.1) is 0 Å². The molecule has 1 aliphatic heterocycles. The number of primary amides is 1. The first-order chi connectivity index (χ1) is 13.0. The third-order valence-corrected chi connectivity index (χ3v) is 5.94. The highest BCUT2D eigenvalue weighted by Crippen LogP contribution is 2.47. The van der Waals surface area contributed by atoms with E-state index in [0.29, 0.717) is 10.4 Å². The lowest BCUT2D eigenvalue weighted by Gasteiger charge is -2.19. The largest absolute Gasteiger partial charge is 0.495 e. The van der Waals surface area contributed by atoms with Gasteiger partial charge in [-0.2, -0.15) is 13.2 Å². The predicted octanol–water partition coefficient (Wildman–Crippen LogP) is 3.01. The maximum atomic E-state index is 13.4. The molecule has 1 amide bonds. The topological polar surface area (TPSA) is 98.9 Å². The molecule has 12 heteroatoms. The van der Waals surface area contributed by atoms with Crippen LogP contribution in [0.15, 0.2) is 35.2 Å². The van der Waals surface area contributed by atoms with Gasteiger partial charge in [0.15, 0.2) is 12.5 Å². The molecule has 0 saturated carbocycles. The highest BCUT2D eigenvalue weighted by Gasteiger charge is 2.43. The van der Waals surface area contributed by atoms with E-state index in [9.17, 15) is 26.4 Å². The fraction of sp³-hybridized carbons (Fsp3) is 0.188. The van der Waals surface area contributed by atoms with E-state index in [1.54, 1.807) is 0 Å². The van der Waals surface area contributed by atoms with E-state index in [1.165, 1.54) is 19.2 Å². The van der Waals surface area contributed by atoms with Gasteiger partial charge in [0.2, 0.25) is 5.91 Å². The van der Waals surface area contributed by atoms with Gasteiger partial charge in [0.05, 0.1) is 12.8 Å². The van der Waals surface area contributed by atoms with Crippen molar-refractivity contribution >= 4 is 33.2 Å². The van der Waals surface area contributed by atoms with Crippen LogP contribution in [0.4, 0.5) is 18.9 Å². The van der Waals surface area contributed by atoms with Crippen molar-refractivity contribution in [2.45, 2.75) is 11.1 Å². The van der Waals surface area contributed by atoms with Crippen molar-refractivity contribution in [3.63, 3.8) is 0 Å². The first-order valence-corrected chi connectivity index (χ1v) is 9.32. The minimum atomic E-state index is -4.90. The number of anilines is 1. The first kappa shape index (κ1) is 20.1. The van der Waals surface area contributed by atoms with Gasteiger partial charge in [-0.25, -0.2) is 12.7 Å². The molecule has 0 radical (unpaired) electrons. The molecule has 2 aromatic carbocycles. The molecule has 0 saturated heterocycles. The van der Waals surface area contributed by atoms with E-state index in [4.69, 9.17) is 26.8 Å². The Morgan fingerprint density at radius 1 is 1.29 bits per heavy atom. The van der Waals surface area contributed by atoms with Crippen LogP contribution < -0.4 is 19.5 Å². The van der Waals surface area contributed by atoms with Gasteiger partial charge in [-0.1, -0.05) is 11.6 Å². The Hall–Kier alpha value is -2.66. The van der Waals surface area contributed by atoms with Gasteiger partial charge in [0.1, 0.15) is 16.2 Å². The molecule has 1 aliphatic rings. The van der Waals surface area contributed by atoms with Gasteiger partial charge in [-0.05, 0) is 30.3 Å². The minimum Gasteiger partial charge on any atom is -0.495 e. The van der Waals surface area contributed by atoms with Crippen molar-refractivity contribution in [2.75, 3.05) is 18.1 Å². The van der Waals surface area contributed by atoms with E-state index in [2.05, 4.69) is 0 Å². The standard InChI is InChI=1S/C16H12ClF3N2O5S/c1-26-12-3-2-9(17)6-13(12)28(24,25)22-7-27-14-10(16(18,19)20)4-8(15(21)23)5-11(14)22/h2-6H,7H2,1H3,(H2,21,23). The van der Waals surface area contributed by atoms with Crippen LogP contribution in [-0.4, -0.2) is 28.2 Å². The predicted molar refractivity (Wildman–Crippen MR) is 93.1 cm³/mol. The average Bonchev–Trinajstić information content (AvgIpc) is 3.04. The highest BCUT2D eigenvalue weighted by atomic mass is 35.5. The van der Waals surface area contributed by atoms with Crippen LogP contribution in [0.25, 0.3) is 0 Å². The number of alkyl halides is 3. The third-order valence-electron chi connectivity index (χ3n) is 3.95. The number of carbonyl (C=O) groups excluding carboxylic acids is 1. The van der Waals surface area contributed by atoms with Crippen molar-refractivity contribution < 1.29 is 35.9 Å². The molecule has 0 bridgehead atoms. The Morgan fingerprint density at radius 2 is 1.96 bits per heavy atom. The molecule has 0 fully saturated rings. The smallest absolute Gasteiger partial charge is 0.420 e. The third kappa shape index (κ3) is 3.31. The van der Waals surface area contributed by atoms with Crippen molar-refractivity contribution in [1.82, 2.24) is 0 Å². The van der Waals surface area contributed by atoms with Crippen LogP contribution >= 0.6 is 11.6 Å². The van der Waals surface area contributed by atoms with Crippen LogP contribution in [0, 0.1) is 0 Å². The van der Waals surface area contributed by atoms with Crippen LogP contribution in [0.1, 0.15) is 15.9 Å². The molecule has 28 heavy (non-hydrogen) atoms. The van der Waals surface area contributed by atoms with Gasteiger partial charge in [0.25, 0.3) is 10.0 Å². The van der Waals surface area contributed by atoms with Crippen molar-refractivity contribution in [1.29, 1.82) is 0 Å². The Morgan fingerprint density at radius 3 is 2.54 bits per heavy atom. The fourth-order valence-corrected chi connectivity index (χ4v) is 4.41.